The van der Waals surface area contributed by atoms with Crippen molar-refractivity contribution in [2.75, 3.05) is 17.2 Å². The van der Waals surface area contributed by atoms with Crippen molar-refractivity contribution in [3.63, 3.8) is 0 Å². The Morgan fingerprint density at radius 2 is 1.97 bits per heavy atom. The van der Waals surface area contributed by atoms with Crippen molar-refractivity contribution < 1.29 is 28.1 Å². The van der Waals surface area contributed by atoms with Crippen molar-refractivity contribution >= 4 is 43.9 Å². The Morgan fingerprint density at radius 3 is 2.58 bits per heavy atom. The van der Waals surface area contributed by atoms with Gasteiger partial charge in [0.15, 0.2) is 0 Å². The van der Waals surface area contributed by atoms with Crippen LogP contribution in [-0.2, 0) is 4.79 Å². The summed E-state index contributed by atoms with van der Waals surface area (Å²) in [7, 11) is -3.24. The molecule has 0 amide bonds. The van der Waals surface area contributed by atoms with Gasteiger partial charge < -0.3 is 14.7 Å². The number of hydrogen-bond donors (Lipinski definition) is 3. The van der Waals surface area contributed by atoms with E-state index < -0.39 is 22.4 Å². The number of aliphatic carboxylic acids is 1. The molecule has 1 heterocycles. The van der Waals surface area contributed by atoms with E-state index in [0.717, 1.165) is 31.4 Å². The van der Waals surface area contributed by atoms with Crippen molar-refractivity contribution in [1.29, 1.82) is 0 Å². The number of hydrogen-bond acceptors (Lipinski definition) is 5. The highest BCUT2D eigenvalue weighted by atomic mass is 79.9. The number of unbranched alkanes of at least 4 members (excludes halogenated alkanes) is 1. The first-order valence-electron chi connectivity index (χ1n) is 10.8. The van der Waals surface area contributed by atoms with Gasteiger partial charge in [-0.15, -0.1) is 0 Å². The minimum Gasteiger partial charge on any atom is -0.476 e. The van der Waals surface area contributed by atoms with Crippen LogP contribution in [0, 0.1) is 5.41 Å². The normalized spacial score (nSPS) is 21.2. The third kappa shape index (κ3) is 5.71. The van der Waals surface area contributed by atoms with Crippen LogP contribution >= 0.6 is 26.5 Å². The summed E-state index contributed by atoms with van der Waals surface area (Å²) in [6.45, 7) is 4.80. The highest BCUT2D eigenvalue weighted by molar-refractivity contribution is 9.10. The van der Waals surface area contributed by atoms with Crippen LogP contribution in [0.5, 0.6) is 5.75 Å². The molecule has 0 fully saturated rings. The van der Waals surface area contributed by atoms with E-state index in [1.54, 1.807) is 6.07 Å². The highest BCUT2D eigenvalue weighted by Gasteiger charge is 2.42. The summed E-state index contributed by atoms with van der Waals surface area (Å²) in [5.41, 5.74) is 1.21. The predicted molar refractivity (Wildman–Crippen MR) is 133 cm³/mol. The lowest BCUT2D eigenvalue weighted by Gasteiger charge is -2.41. The largest absolute Gasteiger partial charge is 0.476 e. The van der Waals surface area contributed by atoms with Crippen LogP contribution < -0.4 is 9.64 Å². The number of carboxylic acids is 1. The second-order valence-electron chi connectivity index (χ2n) is 8.33. The summed E-state index contributed by atoms with van der Waals surface area (Å²) < 4.78 is 41.9. The van der Waals surface area contributed by atoms with E-state index in [1.807, 2.05) is 30.3 Å². The monoisotopic (exact) mass is 541 g/mol. The number of halogens is 2. The summed E-state index contributed by atoms with van der Waals surface area (Å²) in [6, 6.07) is 12.9. The smallest absolute Gasteiger partial charge is 0.368 e. The number of anilines is 2. The summed E-state index contributed by atoms with van der Waals surface area (Å²) in [6.07, 6.45) is 4.09. The number of nitrogens with zero attached hydrogens (tertiary/aromatic N) is 1. The molecular formula is C24H29BrFNO5S. The molecule has 33 heavy (non-hydrogen) atoms. The lowest BCUT2D eigenvalue weighted by atomic mass is 9.81. The van der Waals surface area contributed by atoms with Crippen molar-refractivity contribution in [3.8, 4) is 5.75 Å². The minimum atomic E-state index is -3.24. The molecule has 180 valence electrons. The Labute approximate surface area is 203 Å². The van der Waals surface area contributed by atoms with E-state index in [1.165, 1.54) is 6.07 Å². The first-order valence-corrected chi connectivity index (χ1v) is 13.3. The number of carbonyl (C=O) groups is 1. The lowest BCUT2D eigenvalue weighted by molar-refractivity contribution is -0.134. The maximum absolute atomic E-state index is 13.5. The third-order valence-corrected chi connectivity index (χ3v) is 8.70. The molecule has 2 aromatic carbocycles. The van der Waals surface area contributed by atoms with Crippen LogP contribution in [0.2, 0.25) is 0 Å². The Kier molecular flexibility index (Phi) is 8.10. The number of fused-ring (bicyclic) bond motifs is 1. The molecule has 0 radical (unpaired) electrons. The highest BCUT2D eigenvalue weighted by Crippen LogP contribution is 2.61. The van der Waals surface area contributed by atoms with Gasteiger partial charge in [-0.2, -0.15) is 15.0 Å². The molecule has 0 unspecified atom stereocenters. The fraction of sp³-hybridized carbons (Fsp3) is 0.375. The van der Waals surface area contributed by atoms with E-state index in [4.69, 9.17) is 9.84 Å². The molecule has 6 nitrogen and oxygen atoms in total. The maximum Gasteiger partial charge on any atom is 0.368 e. The summed E-state index contributed by atoms with van der Waals surface area (Å²) in [5, 5.41) is 8.74. The van der Waals surface area contributed by atoms with Crippen LogP contribution in [-0.4, -0.2) is 32.5 Å². The molecule has 1 aliphatic heterocycles. The lowest BCUT2D eigenvalue weighted by Crippen LogP contribution is -2.37. The van der Waals surface area contributed by atoms with Gasteiger partial charge in [0, 0.05) is 29.5 Å². The summed E-state index contributed by atoms with van der Waals surface area (Å²) >= 11 is 3.41. The predicted octanol–water partition coefficient (Wildman–Crippen LogP) is 7.57. The molecule has 2 aromatic rings. The zero-order valence-electron chi connectivity index (χ0n) is 18.6. The molecule has 0 saturated heterocycles. The third-order valence-electron chi connectivity index (χ3n) is 6.03. The van der Waals surface area contributed by atoms with Crippen molar-refractivity contribution in [1.82, 2.24) is 0 Å². The van der Waals surface area contributed by atoms with E-state index >= 15 is 0 Å². The molecule has 3 rings (SSSR count). The number of benzene rings is 2. The fourth-order valence-corrected chi connectivity index (χ4v) is 6.83. The standard InChI is InChI=1S/C24H29BrFNO5S/c1-3-5-11-24(4-2)15-27(17-9-7-6-8-10-17)20-12-18(25)21(32-14-19(26)23(28)29)13-22(20)33(30,31)16-24/h6-10,12-14,30-31H,3-5,11,15-16H2,1-2H3,(H,28,29)/b19-14-/t24-/m0/s1. The number of carboxylic acid groups (broad SMARTS) is 1. The van der Waals surface area contributed by atoms with E-state index in [9.17, 15) is 18.3 Å². The molecule has 0 bridgehead atoms. The van der Waals surface area contributed by atoms with Gasteiger partial charge in [-0.05, 0) is 47.0 Å². The quantitative estimate of drug-likeness (QED) is 0.236. The van der Waals surface area contributed by atoms with Gasteiger partial charge in [-0.1, -0.05) is 44.9 Å². The van der Waals surface area contributed by atoms with Gasteiger partial charge in [-0.25, -0.2) is 4.79 Å². The van der Waals surface area contributed by atoms with Gasteiger partial charge in [0.1, 0.15) is 12.0 Å². The first kappa shape index (κ1) is 25.6. The Balaban J connectivity index is 2.17. The second-order valence-corrected chi connectivity index (χ2v) is 11.2. The Bertz CT molecular complexity index is 1030. The summed E-state index contributed by atoms with van der Waals surface area (Å²) in [5.74, 6) is -2.91. The van der Waals surface area contributed by atoms with Crippen LogP contribution in [0.4, 0.5) is 15.8 Å². The fourth-order valence-electron chi connectivity index (χ4n) is 4.16. The molecule has 0 saturated carbocycles. The first-order chi connectivity index (χ1) is 15.6. The molecule has 9 heteroatoms. The topological polar surface area (TPSA) is 90.2 Å². The van der Waals surface area contributed by atoms with Gasteiger partial charge in [0.25, 0.3) is 0 Å². The van der Waals surface area contributed by atoms with E-state index in [0.29, 0.717) is 27.9 Å². The van der Waals surface area contributed by atoms with E-state index in [2.05, 4.69) is 34.7 Å². The number of ether oxygens (including phenoxy) is 1. The van der Waals surface area contributed by atoms with E-state index in [-0.39, 0.29) is 16.9 Å². The molecule has 0 spiro atoms. The van der Waals surface area contributed by atoms with Crippen molar-refractivity contribution in [3.05, 3.63) is 59.0 Å². The number of para-hydroxylation sites is 1. The SMILES string of the molecule is CCCC[C@@]1(CC)CN(c2ccccc2)c2cc(Br)c(O/C=C(\F)C(=O)O)cc2S(O)(O)C1. The van der Waals surface area contributed by atoms with Crippen LogP contribution in [0.15, 0.2) is 63.9 Å². The van der Waals surface area contributed by atoms with Crippen molar-refractivity contribution in [2.24, 2.45) is 5.41 Å². The molecule has 3 N–H and O–H groups in total. The van der Waals surface area contributed by atoms with Gasteiger partial charge in [0.2, 0.25) is 5.83 Å². The Hall–Kier alpha value is -2.07. The molecule has 1 atom stereocenters. The average molecular weight is 542 g/mol. The number of rotatable bonds is 8. The summed E-state index contributed by atoms with van der Waals surface area (Å²) in [4.78, 5) is 13.1. The average Bonchev–Trinajstić information content (AvgIpc) is 2.88. The Morgan fingerprint density at radius 1 is 1.27 bits per heavy atom. The molecule has 0 aromatic heterocycles. The molecule has 0 aliphatic carbocycles. The maximum atomic E-state index is 13.5. The zero-order valence-corrected chi connectivity index (χ0v) is 21.0. The van der Waals surface area contributed by atoms with Gasteiger partial charge >= 0.3 is 5.97 Å². The van der Waals surface area contributed by atoms with Crippen LogP contribution in [0.1, 0.15) is 39.5 Å². The van der Waals surface area contributed by atoms with Gasteiger partial charge in [-0.3, -0.25) is 9.11 Å². The zero-order chi connectivity index (χ0) is 24.2. The molecule has 1 aliphatic rings. The van der Waals surface area contributed by atoms with Crippen LogP contribution in [0.25, 0.3) is 0 Å². The second kappa shape index (κ2) is 10.5. The minimum absolute atomic E-state index is 0.0932. The molecular weight excluding hydrogens is 513 g/mol. The van der Waals surface area contributed by atoms with Crippen molar-refractivity contribution in [2.45, 2.75) is 44.4 Å². The van der Waals surface area contributed by atoms with Crippen LogP contribution in [0.3, 0.4) is 0 Å². The van der Waals surface area contributed by atoms with Gasteiger partial charge in [0.05, 0.1) is 15.1 Å².